The van der Waals surface area contributed by atoms with Crippen LogP contribution < -0.4 is 9.64 Å². The first-order valence-electron chi connectivity index (χ1n) is 10.9. The van der Waals surface area contributed by atoms with Gasteiger partial charge in [-0.3, -0.25) is 19.5 Å². The third kappa shape index (κ3) is 3.74. The Labute approximate surface area is 206 Å². The largest absolute Gasteiger partial charge is 0.503 e. The number of fused-ring (bicyclic) bond motifs is 1. The molecule has 2 aromatic heterocycles. The molecule has 35 heavy (non-hydrogen) atoms. The summed E-state index contributed by atoms with van der Waals surface area (Å²) in [5, 5.41) is 11.9. The van der Waals surface area contributed by atoms with Crippen molar-refractivity contribution in [3.8, 4) is 5.75 Å². The number of nitrogens with zero attached hydrogens (tertiary/aromatic N) is 2. The van der Waals surface area contributed by atoms with Crippen molar-refractivity contribution in [2.75, 3.05) is 12.0 Å². The van der Waals surface area contributed by atoms with E-state index in [9.17, 15) is 14.7 Å². The monoisotopic (exact) mass is 488 g/mol. The van der Waals surface area contributed by atoms with Crippen LogP contribution in [0.1, 0.15) is 33.3 Å². The number of ketones is 1. The molecule has 1 amide bonds. The Kier molecular flexibility index (Phi) is 5.57. The molecular weight excluding hydrogens is 468 g/mol. The van der Waals surface area contributed by atoms with Gasteiger partial charge in [0.25, 0.3) is 5.91 Å². The summed E-state index contributed by atoms with van der Waals surface area (Å²) in [4.78, 5) is 32.6. The third-order valence-corrected chi connectivity index (χ3v) is 6.45. The Morgan fingerprint density at radius 1 is 1.09 bits per heavy atom. The van der Waals surface area contributed by atoms with E-state index in [2.05, 4.69) is 4.98 Å². The van der Waals surface area contributed by atoms with E-state index in [1.807, 2.05) is 26.0 Å². The molecule has 1 unspecified atom stereocenters. The summed E-state index contributed by atoms with van der Waals surface area (Å²) in [6.07, 6.45) is 3.15. The number of carbonyl (C=O) groups excluding carboxylic acids is 2. The van der Waals surface area contributed by atoms with Gasteiger partial charge < -0.3 is 14.3 Å². The fraction of sp³-hybridized carbons (Fsp3) is 0.148. The van der Waals surface area contributed by atoms with Crippen LogP contribution in [-0.4, -0.2) is 28.9 Å². The van der Waals surface area contributed by atoms with Gasteiger partial charge in [-0.1, -0.05) is 17.7 Å². The molecule has 1 aliphatic heterocycles. The first-order valence-corrected chi connectivity index (χ1v) is 11.2. The number of hydrogen-bond donors (Lipinski definition) is 1. The summed E-state index contributed by atoms with van der Waals surface area (Å²) in [5.74, 6) is -1.58. The van der Waals surface area contributed by atoms with Gasteiger partial charge in [0.1, 0.15) is 0 Å². The summed E-state index contributed by atoms with van der Waals surface area (Å²) >= 11 is 6.16. The summed E-state index contributed by atoms with van der Waals surface area (Å²) in [6.45, 7) is 3.91. The second-order valence-corrected chi connectivity index (χ2v) is 8.79. The van der Waals surface area contributed by atoms with Crippen LogP contribution in [0.15, 0.2) is 76.7 Å². The minimum absolute atomic E-state index is 0.0455. The van der Waals surface area contributed by atoms with Gasteiger partial charge in [0.2, 0.25) is 5.78 Å². The van der Waals surface area contributed by atoms with Gasteiger partial charge in [0.05, 0.1) is 18.7 Å². The van der Waals surface area contributed by atoms with Crippen molar-refractivity contribution in [3.63, 3.8) is 0 Å². The molecule has 176 valence electrons. The first kappa shape index (κ1) is 22.7. The second-order valence-electron chi connectivity index (χ2n) is 8.36. The zero-order valence-electron chi connectivity index (χ0n) is 19.2. The van der Waals surface area contributed by atoms with Crippen molar-refractivity contribution in [2.24, 2.45) is 0 Å². The Balaban J connectivity index is 1.66. The van der Waals surface area contributed by atoms with Crippen molar-refractivity contribution in [1.82, 2.24) is 4.98 Å². The number of halogens is 1. The number of pyridine rings is 1. The number of anilines is 1. The van der Waals surface area contributed by atoms with E-state index in [4.69, 9.17) is 20.8 Å². The van der Waals surface area contributed by atoms with E-state index in [1.165, 1.54) is 18.1 Å². The number of hydrogen-bond acceptors (Lipinski definition) is 6. The van der Waals surface area contributed by atoms with Crippen LogP contribution in [0.3, 0.4) is 0 Å². The molecule has 0 aliphatic carbocycles. The molecule has 1 aliphatic rings. The molecule has 3 heterocycles. The van der Waals surface area contributed by atoms with E-state index in [0.29, 0.717) is 33.0 Å². The number of Topliss-reactive ketones (excluding diaryl/α,β-unsaturated/α-hetero) is 1. The highest BCUT2D eigenvalue weighted by Gasteiger charge is 2.45. The molecule has 0 fully saturated rings. The number of methoxy groups -OCH3 is 1. The Morgan fingerprint density at radius 3 is 2.51 bits per heavy atom. The van der Waals surface area contributed by atoms with E-state index in [-0.39, 0.29) is 11.3 Å². The molecule has 1 N–H and O–H groups in total. The lowest BCUT2D eigenvalue weighted by Gasteiger charge is -2.27. The number of ether oxygens (including phenoxy) is 1. The van der Waals surface area contributed by atoms with E-state index in [0.717, 1.165) is 11.1 Å². The summed E-state index contributed by atoms with van der Waals surface area (Å²) in [5.41, 5.74) is 3.48. The molecule has 0 spiro atoms. The van der Waals surface area contributed by atoms with Crippen LogP contribution >= 0.6 is 11.6 Å². The highest BCUT2D eigenvalue weighted by molar-refractivity contribution is 6.31. The first-order chi connectivity index (χ1) is 16.8. The fourth-order valence-corrected chi connectivity index (χ4v) is 4.54. The van der Waals surface area contributed by atoms with Crippen molar-refractivity contribution in [2.45, 2.75) is 19.9 Å². The SMILES string of the molecule is COc1cc(Cl)cc2cc(C(=O)C3=C(O)C(=O)N(c4ccc(C)c(C)c4)C3c3ccncc3)oc12. The van der Waals surface area contributed by atoms with Crippen molar-refractivity contribution in [1.29, 1.82) is 0 Å². The van der Waals surface area contributed by atoms with E-state index >= 15 is 0 Å². The molecule has 4 aromatic rings. The number of aryl methyl sites for hydroxylation is 2. The van der Waals surface area contributed by atoms with Crippen LogP contribution in [0.5, 0.6) is 5.75 Å². The van der Waals surface area contributed by atoms with Gasteiger partial charge in [0, 0.05) is 34.6 Å². The number of furan rings is 1. The highest BCUT2D eigenvalue weighted by Crippen LogP contribution is 2.43. The summed E-state index contributed by atoms with van der Waals surface area (Å²) < 4.78 is 11.2. The quantitative estimate of drug-likeness (QED) is 0.352. The maximum absolute atomic E-state index is 13.8. The predicted molar refractivity (Wildman–Crippen MR) is 132 cm³/mol. The molecule has 2 aromatic carbocycles. The molecule has 1 atom stereocenters. The maximum Gasteiger partial charge on any atom is 0.294 e. The van der Waals surface area contributed by atoms with Crippen molar-refractivity contribution >= 4 is 39.9 Å². The minimum atomic E-state index is -0.876. The van der Waals surface area contributed by atoms with Gasteiger partial charge >= 0.3 is 0 Å². The number of carbonyl (C=O) groups is 2. The standard InChI is InChI=1S/C27H21ClN2O5/c1-14-4-5-19(10-15(14)2)30-23(16-6-8-29-9-7-16)22(25(32)27(30)33)24(31)20-12-17-11-18(28)13-21(34-3)26(17)35-20/h4-13,23,32H,1-3H3. The van der Waals surface area contributed by atoms with Crippen LogP contribution in [0.4, 0.5) is 5.69 Å². The molecule has 5 rings (SSSR count). The number of aromatic nitrogens is 1. The number of aliphatic hydroxyl groups is 1. The second kappa shape index (κ2) is 8.60. The number of aliphatic hydroxyl groups excluding tert-OH is 1. The lowest BCUT2D eigenvalue weighted by Crippen LogP contribution is -2.31. The Bertz CT molecular complexity index is 1520. The van der Waals surface area contributed by atoms with Crippen molar-refractivity contribution in [3.05, 3.63) is 99.7 Å². The van der Waals surface area contributed by atoms with Crippen molar-refractivity contribution < 1.29 is 23.8 Å². The zero-order chi connectivity index (χ0) is 24.9. The number of benzene rings is 2. The van der Waals surface area contributed by atoms with Gasteiger partial charge in [-0.25, -0.2) is 0 Å². The lowest BCUT2D eigenvalue weighted by atomic mass is 9.95. The van der Waals surface area contributed by atoms with Gasteiger partial charge in [-0.05, 0) is 66.9 Å². The van der Waals surface area contributed by atoms with Gasteiger partial charge in [-0.15, -0.1) is 0 Å². The third-order valence-electron chi connectivity index (χ3n) is 6.23. The highest BCUT2D eigenvalue weighted by atomic mass is 35.5. The summed E-state index contributed by atoms with van der Waals surface area (Å²) in [7, 11) is 1.47. The minimum Gasteiger partial charge on any atom is -0.503 e. The molecule has 8 heteroatoms. The van der Waals surface area contributed by atoms with Gasteiger partial charge in [-0.2, -0.15) is 0 Å². The number of rotatable bonds is 5. The molecule has 0 radical (unpaired) electrons. The Hall–Kier alpha value is -4.10. The maximum atomic E-state index is 13.8. The van der Waals surface area contributed by atoms with Crippen LogP contribution in [0, 0.1) is 13.8 Å². The number of amides is 1. The van der Waals surface area contributed by atoms with E-state index < -0.39 is 23.5 Å². The molecule has 0 saturated carbocycles. The van der Waals surface area contributed by atoms with Crippen LogP contribution in [-0.2, 0) is 4.79 Å². The topological polar surface area (TPSA) is 92.9 Å². The van der Waals surface area contributed by atoms with Crippen LogP contribution in [0.2, 0.25) is 5.02 Å². The lowest BCUT2D eigenvalue weighted by molar-refractivity contribution is -0.117. The van der Waals surface area contributed by atoms with Crippen LogP contribution in [0.25, 0.3) is 11.0 Å². The molecule has 0 bridgehead atoms. The van der Waals surface area contributed by atoms with E-state index in [1.54, 1.807) is 42.7 Å². The molecular formula is C27H21ClN2O5. The smallest absolute Gasteiger partial charge is 0.294 e. The average molecular weight is 489 g/mol. The van der Waals surface area contributed by atoms with Gasteiger partial charge in [0.15, 0.2) is 22.9 Å². The zero-order valence-corrected chi connectivity index (χ0v) is 20.0. The summed E-state index contributed by atoms with van der Waals surface area (Å²) in [6, 6.07) is 12.8. The molecule has 7 nitrogen and oxygen atoms in total. The molecule has 0 saturated heterocycles. The predicted octanol–water partition coefficient (Wildman–Crippen LogP) is 5.89. The Morgan fingerprint density at radius 2 is 1.83 bits per heavy atom. The normalized spacial score (nSPS) is 15.8. The fourth-order valence-electron chi connectivity index (χ4n) is 4.32. The average Bonchev–Trinajstić information content (AvgIpc) is 3.39.